The first-order valence-electron chi connectivity index (χ1n) is 10.1. The summed E-state index contributed by atoms with van der Waals surface area (Å²) in [5.41, 5.74) is 3.84. The number of aliphatic hydroxyl groups is 1. The van der Waals surface area contributed by atoms with Crippen molar-refractivity contribution in [2.45, 2.75) is 22.6 Å². The molecule has 0 spiro atoms. The zero-order chi connectivity index (χ0) is 21.4. The molecule has 1 aromatic heterocycles. The van der Waals surface area contributed by atoms with Crippen LogP contribution in [-0.2, 0) is 6.42 Å². The zero-order valence-electron chi connectivity index (χ0n) is 16.7. The Bertz CT molecular complexity index is 1330. The molecule has 0 unspecified atom stereocenters. The molecule has 4 aromatic rings. The second-order valence-corrected chi connectivity index (χ2v) is 9.47. The number of halogens is 1. The van der Waals surface area contributed by atoms with Crippen LogP contribution in [0.4, 0.5) is 0 Å². The summed E-state index contributed by atoms with van der Waals surface area (Å²) in [5, 5.41) is 9.73. The fraction of sp³-hybridized carbons (Fsp3) is 0.160. The first kappa shape index (κ1) is 20.4. The van der Waals surface area contributed by atoms with Gasteiger partial charge in [0.2, 0.25) is 0 Å². The molecule has 0 saturated carbocycles. The van der Waals surface area contributed by atoms with Crippen LogP contribution < -0.4 is 10.2 Å². The average molecular weight is 494 g/mol. The van der Waals surface area contributed by atoms with Gasteiger partial charge in [-0.05, 0) is 35.9 Å². The lowest BCUT2D eigenvalue weighted by Crippen LogP contribution is -2.17. The molecule has 2 heterocycles. The predicted molar refractivity (Wildman–Crippen MR) is 128 cm³/mol. The molecule has 4 nitrogen and oxygen atoms in total. The molecule has 0 amide bonds. The summed E-state index contributed by atoms with van der Waals surface area (Å²) in [5.74, 6) is 0.657. The van der Waals surface area contributed by atoms with Gasteiger partial charge in [-0.25, -0.2) is 0 Å². The van der Waals surface area contributed by atoms with Gasteiger partial charge < -0.3 is 14.4 Å². The lowest BCUT2D eigenvalue weighted by molar-refractivity contribution is 0.233. The van der Waals surface area contributed by atoms with Crippen molar-refractivity contribution in [3.8, 4) is 11.4 Å². The number of ether oxygens (including phenoxy) is 1. The van der Waals surface area contributed by atoms with E-state index >= 15 is 0 Å². The Morgan fingerprint density at radius 3 is 2.68 bits per heavy atom. The molecule has 1 N–H and O–H groups in total. The zero-order valence-corrected chi connectivity index (χ0v) is 19.1. The van der Waals surface area contributed by atoms with E-state index in [0.29, 0.717) is 30.6 Å². The highest BCUT2D eigenvalue weighted by Crippen LogP contribution is 2.44. The molecule has 1 aliphatic rings. The number of aromatic nitrogens is 1. The molecule has 0 fully saturated rings. The number of fused-ring (bicyclic) bond motifs is 2. The maximum atomic E-state index is 13.5. The van der Waals surface area contributed by atoms with E-state index in [1.165, 1.54) is 0 Å². The molecule has 156 valence electrons. The molecular formula is C25H20BrNO3S. The van der Waals surface area contributed by atoms with E-state index in [9.17, 15) is 4.79 Å². The third-order valence-corrected chi connectivity index (χ3v) is 6.91. The first-order valence-corrected chi connectivity index (χ1v) is 11.7. The van der Waals surface area contributed by atoms with E-state index in [-0.39, 0.29) is 12.0 Å². The summed E-state index contributed by atoms with van der Waals surface area (Å²) < 4.78 is 8.99. The van der Waals surface area contributed by atoms with Gasteiger partial charge in [-0.2, -0.15) is 0 Å². The third kappa shape index (κ3) is 3.91. The van der Waals surface area contributed by atoms with Crippen LogP contribution in [0.15, 0.2) is 85.9 Å². The predicted octanol–water partition coefficient (Wildman–Crippen LogP) is 5.57. The number of rotatable bonds is 6. The molecule has 0 atom stereocenters. The molecule has 3 aromatic carbocycles. The standard InChI is InChI=1S/C25H20BrNO3S/c26-18-7-8-22-21(12-18)27-15-17(11-16-5-2-1-3-6-16)25(29)20-13-19(30-10-4-9-28)14-23(31-22)24(20)27/h1-3,5-8,12-15,28H,4,9-11H2. The minimum atomic E-state index is 0.0306. The van der Waals surface area contributed by atoms with Gasteiger partial charge in [-0.1, -0.05) is 58.0 Å². The van der Waals surface area contributed by atoms with Crippen LogP contribution in [0.5, 0.6) is 5.75 Å². The average Bonchev–Trinajstić information content (AvgIpc) is 2.78. The molecule has 0 bridgehead atoms. The van der Waals surface area contributed by atoms with Gasteiger partial charge in [-0.15, -0.1) is 0 Å². The van der Waals surface area contributed by atoms with E-state index in [4.69, 9.17) is 9.84 Å². The maximum Gasteiger partial charge on any atom is 0.193 e. The van der Waals surface area contributed by atoms with Gasteiger partial charge >= 0.3 is 0 Å². The summed E-state index contributed by atoms with van der Waals surface area (Å²) in [6.45, 7) is 0.485. The minimum absolute atomic E-state index is 0.0306. The lowest BCUT2D eigenvalue weighted by Gasteiger charge is -2.24. The second-order valence-electron chi connectivity index (χ2n) is 7.47. The monoisotopic (exact) mass is 493 g/mol. The molecule has 31 heavy (non-hydrogen) atoms. The Kier molecular flexibility index (Phi) is 5.61. The summed E-state index contributed by atoms with van der Waals surface area (Å²) in [6, 6.07) is 20.1. The fourth-order valence-electron chi connectivity index (χ4n) is 3.89. The van der Waals surface area contributed by atoms with Crippen molar-refractivity contribution < 1.29 is 9.84 Å². The van der Waals surface area contributed by atoms with Crippen LogP contribution in [-0.4, -0.2) is 22.9 Å². The molecule has 6 heteroatoms. The number of hydrogen-bond donors (Lipinski definition) is 1. The van der Waals surface area contributed by atoms with E-state index in [1.807, 2.05) is 54.7 Å². The van der Waals surface area contributed by atoms with Crippen molar-refractivity contribution in [2.24, 2.45) is 0 Å². The van der Waals surface area contributed by atoms with E-state index in [2.05, 4.69) is 32.6 Å². The first-order chi connectivity index (χ1) is 15.1. The third-order valence-electron chi connectivity index (χ3n) is 5.32. The van der Waals surface area contributed by atoms with Gasteiger partial charge in [0.15, 0.2) is 5.43 Å². The Hall–Kier alpha value is -2.54. The van der Waals surface area contributed by atoms with Crippen molar-refractivity contribution in [3.63, 3.8) is 0 Å². The van der Waals surface area contributed by atoms with E-state index in [0.717, 1.165) is 36.6 Å². The van der Waals surface area contributed by atoms with E-state index < -0.39 is 0 Å². The Balaban J connectivity index is 1.73. The molecule has 0 aliphatic carbocycles. The highest BCUT2D eigenvalue weighted by molar-refractivity contribution is 9.10. The Morgan fingerprint density at radius 1 is 1.03 bits per heavy atom. The van der Waals surface area contributed by atoms with Gasteiger partial charge in [-0.3, -0.25) is 4.79 Å². The van der Waals surface area contributed by atoms with Crippen molar-refractivity contribution in [3.05, 3.63) is 92.7 Å². The van der Waals surface area contributed by atoms with Gasteiger partial charge in [0.25, 0.3) is 0 Å². The largest absolute Gasteiger partial charge is 0.493 e. The van der Waals surface area contributed by atoms with Gasteiger partial charge in [0.1, 0.15) is 5.75 Å². The smallest absolute Gasteiger partial charge is 0.193 e. The van der Waals surface area contributed by atoms with Gasteiger partial charge in [0.05, 0.1) is 23.2 Å². The highest BCUT2D eigenvalue weighted by atomic mass is 79.9. The summed E-state index contributed by atoms with van der Waals surface area (Å²) in [7, 11) is 0. The summed E-state index contributed by atoms with van der Waals surface area (Å²) >= 11 is 5.23. The SMILES string of the molecule is O=c1c(Cc2ccccc2)cn2c3c(cc(OCCCO)cc13)Sc1ccc(Br)cc1-2. The highest BCUT2D eigenvalue weighted by Gasteiger charge is 2.22. The molecule has 0 radical (unpaired) electrons. The van der Waals surface area contributed by atoms with Crippen molar-refractivity contribution in [1.29, 1.82) is 0 Å². The quantitative estimate of drug-likeness (QED) is 0.314. The normalized spacial score (nSPS) is 12.1. The topological polar surface area (TPSA) is 51.5 Å². The Labute approximate surface area is 192 Å². The molecular weight excluding hydrogens is 474 g/mol. The lowest BCUT2D eigenvalue weighted by atomic mass is 10.0. The number of aliphatic hydroxyl groups excluding tert-OH is 1. The summed E-state index contributed by atoms with van der Waals surface area (Å²) in [4.78, 5) is 15.6. The Morgan fingerprint density at radius 2 is 1.87 bits per heavy atom. The van der Waals surface area contributed by atoms with Crippen molar-refractivity contribution >= 4 is 38.6 Å². The summed E-state index contributed by atoms with van der Waals surface area (Å²) in [6.07, 6.45) is 3.10. The van der Waals surface area contributed by atoms with Crippen LogP contribution >= 0.6 is 27.7 Å². The van der Waals surface area contributed by atoms with Crippen molar-refractivity contribution in [2.75, 3.05) is 13.2 Å². The fourth-order valence-corrected chi connectivity index (χ4v) is 5.35. The number of nitrogens with zero attached hydrogens (tertiary/aromatic N) is 1. The van der Waals surface area contributed by atoms with Crippen molar-refractivity contribution in [1.82, 2.24) is 4.57 Å². The van der Waals surface area contributed by atoms with E-state index in [1.54, 1.807) is 11.8 Å². The molecule has 1 aliphatic heterocycles. The van der Waals surface area contributed by atoms with Crippen LogP contribution in [0.25, 0.3) is 16.6 Å². The minimum Gasteiger partial charge on any atom is -0.493 e. The molecule has 5 rings (SSSR count). The number of hydrogen-bond acceptors (Lipinski definition) is 4. The van der Waals surface area contributed by atoms with Crippen LogP contribution in [0.3, 0.4) is 0 Å². The number of pyridine rings is 1. The second kappa shape index (κ2) is 8.54. The van der Waals surface area contributed by atoms with Crippen LogP contribution in [0.2, 0.25) is 0 Å². The van der Waals surface area contributed by atoms with Gasteiger partial charge in [0, 0.05) is 45.5 Å². The molecule has 0 saturated heterocycles. The van der Waals surface area contributed by atoms with Crippen LogP contribution in [0, 0.1) is 0 Å². The number of benzene rings is 3. The maximum absolute atomic E-state index is 13.5. The van der Waals surface area contributed by atoms with Crippen LogP contribution in [0.1, 0.15) is 17.5 Å².